The maximum Gasteiger partial charge on any atom is 0.338 e. The second-order valence-corrected chi connectivity index (χ2v) is 3.95. The van der Waals surface area contributed by atoms with E-state index in [1.165, 1.54) is 0 Å². The number of aromatic carboxylic acids is 1. The molecule has 0 spiro atoms. The first-order valence-corrected chi connectivity index (χ1v) is 5.59. The molecule has 0 aromatic heterocycles. The number of hydrogen-bond acceptors (Lipinski definition) is 5. The van der Waals surface area contributed by atoms with Crippen molar-refractivity contribution in [2.24, 2.45) is 0 Å². The van der Waals surface area contributed by atoms with Crippen LogP contribution in [0.25, 0.3) is 0 Å². The highest BCUT2D eigenvalue weighted by Gasteiger charge is 2.19. The van der Waals surface area contributed by atoms with Gasteiger partial charge in [-0.25, -0.2) is 9.59 Å². The SMILES string of the molecule is CCC(C)OC(=O)c1cc(C(=O)O)cc([N+](=O)[O-])c1. The number of ether oxygens (including phenoxy) is 1. The van der Waals surface area contributed by atoms with Gasteiger partial charge >= 0.3 is 11.9 Å². The van der Waals surface area contributed by atoms with E-state index in [0.29, 0.717) is 6.42 Å². The first kappa shape index (κ1) is 14.6. The maximum absolute atomic E-state index is 11.7. The minimum Gasteiger partial charge on any atom is -0.478 e. The fraction of sp³-hybridized carbons (Fsp3) is 0.333. The highest BCUT2D eigenvalue weighted by Crippen LogP contribution is 2.19. The number of carbonyl (C=O) groups excluding carboxylic acids is 1. The lowest BCUT2D eigenvalue weighted by atomic mass is 10.1. The highest BCUT2D eigenvalue weighted by molar-refractivity contribution is 5.95. The molecular weight excluding hydrogens is 254 g/mol. The summed E-state index contributed by atoms with van der Waals surface area (Å²) in [6.07, 6.45) is 0.243. The van der Waals surface area contributed by atoms with Crippen LogP contribution in [0, 0.1) is 10.1 Å². The zero-order valence-electron chi connectivity index (χ0n) is 10.5. The summed E-state index contributed by atoms with van der Waals surface area (Å²) in [4.78, 5) is 32.5. The molecule has 1 N–H and O–H groups in total. The summed E-state index contributed by atoms with van der Waals surface area (Å²) < 4.78 is 5.00. The zero-order chi connectivity index (χ0) is 14.6. The first-order valence-electron chi connectivity index (χ1n) is 5.59. The van der Waals surface area contributed by atoms with Gasteiger partial charge < -0.3 is 9.84 Å². The topological polar surface area (TPSA) is 107 Å². The third kappa shape index (κ3) is 3.77. The minimum absolute atomic E-state index is 0.146. The Morgan fingerprint density at radius 1 is 1.37 bits per heavy atom. The van der Waals surface area contributed by atoms with Gasteiger partial charge in [-0.1, -0.05) is 6.92 Å². The van der Waals surface area contributed by atoms with E-state index in [1.54, 1.807) is 6.92 Å². The lowest BCUT2D eigenvalue weighted by molar-refractivity contribution is -0.384. The van der Waals surface area contributed by atoms with Gasteiger partial charge in [0.2, 0.25) is 0 Å². The standard InChI is InChI=1S/C12H13NO6/c1-3-7(2)19-12(16)9-4-8(11(14)15)5-10(6-9)13(17)18/h4-7H,3H2,1-2H3,(H,14,15). The molecule has 1 rings (SSSR count). The molecule has 0 saturated carbocycles. The van der Waals surface area contributed by atoms with Gasteiger partial charge in [-0.15, -0.1) is 0 Å². The molecule has 0 amide bonds. The average molecular weight is 267 g/mol. The van der Waals surface area contributed by atoms with Gasteiger partial charge in [-0.3, -0.25) is 10.1 Å². The van der Waals surface area contributed by atoms with Crippen molar-refractivity contribution >= 4 is 17.6 Å². The van der Waals surface area contributed by atoms with E-state index >= 15 is 0 Å². The molecule has 0 aliphatic carbocycles. The second kappa shape index (κ2) is 5.94. The molecule has 0 aliphatic rings. The van der Waals surface area contributed by atoms with Gasteiger partial charge in [0.05, 0.1) is 22.2 Å². The molecule has 1 atom stereocenters. The molecular formula is C12H13NO6. The van der Waals surface area contributed by atoms with Crippen molar-refractivity contribution < 1.29 is 24.4 Å². The monoisotopic (exact) mass is 267 g/mol. The lowest BCUT2D eigenvalue weighted by Gasteiger charge is -2.10. The van der Waals surface area contributed by atoms with Crippen molar-refractivity contribution in [2.75, 3.05) is 0 Å². The van der Waals surface area contributed by atoms with Crippen molar-refractivity contribution in [3.63, 3.8) is 0 Å². The lowest BCUT2D eigenvalue weighted by Crippen LogP contribution is -2.15. The van der Waals surface area contributed by atoms with E-state index in [0.717, 1.165) is 18.2 Å². The van der Waals surface area contributed by atoms with Crippen LogP contribution in [-0.4, -0.2) is 28.1 Å². The first-order chi connectivity index (χ1) is 8.85. The zero-order valence-corrected chi connectivity index (χ0v) is 10.5. The van der Waals surface area contributed by atoms with Gasteiger partial charge in [-0.05, 0) is 19.4 Å². The average Bonchev–Trinajstić information content (AvgIpc) is 2.37. The van der Waals surface area contributed by atoms with E-state index in [2.05, 4.69) is 0 Å². The van der Waals surface area contributed by atoms with Crippen LogP contribution in [0.3, 0.4) is 0 Å². The Kier molecular flexibility index (Phi) is 4.57. The summed E-state index contributed by atoms with van der Waals surface area (Å²) in [6, 6.07) is 2.94. The Morgan fingerprint density at radius 2 is 1.95 bits per heavy atom. The molecule has 1 aromatic rings. The number of nitrogens with zero attached hydrogens (tertiary/aromatic N) is 1. The van der Waals surface area contributed by atoms with Crippen LogP contribution in [0.2, 0.25) is 0 Å². The maximum atomic E-state index is 11.7. The predicted molar refractivity (Wildman–Crippen MR) is 65.2 cm³/mol. The van der Waals surface area contributed by atoms with Gasteiger partial charge in [0.25, 0.3) is 5.69 Å². The fourth-order valence-corrected chi connectivity index (χ4v) is 1.29. The summed E-state index contributed by atoms with van der Waals surface area (Å²) >= 11 is 0. The Morgan fingerprint density at radius 3 is 2.42 bits per heavy atom. The predicted octanol–water partition coefficient (Wildman–Crippen LogP) is 2.25. The third-order valence-electron chi connectivity index (χ3n) is 2.49. The molecule has 7 heteroatoms. The van der Waals surface area contributed by atoms with Crippen molar-refractivity contribution in [3.05, 3.63) is 39.4 Å². The summed E-state index contributed by atoms with van der Waals surface area (Å²) in [5.41, 5.74) is -0.937. The molecule has 102 valence electrons. The number of esters is 1. The summed E-state index contributed by atoms with van der Waals surface area (Å²) in [6.45, 7) is 3.49. The van der Waals surface area contributed by atoms with Crippen LogP contribution in [-0.2, 0) is 4.74 Å². The van der Waals surface area contributed by atoms with Crippen molar-refractivity contribution in [2.45, 2.75) is 26.4 Å². The van der Waals surface area contributed by atoms with Crippen LogP contribution < -0.4 is 0 Å². The van der Waals surface area contributed by atoms with Crippen LogP contribution in [0.15, 0.2) is 18.2 Å². The Balaban J connectivity index is 3.16. The Labute approximate surface area is 109 Å². The van der Waals surface area contributed by atoms with Crippen LogP contribution in [0.5, 0.6) is 0 Å². The third-order valence-corrected chi connectivity index (χ3v) is 2.49. The summed E-state index contributed by atoms with van der Waals surface area (Å²) in [5.74, 6) is -2.12. The number of nitro benzene ring substituents is 1. The largest absolute Gasteiger partial charge is 0.478 e. The van der Waals surface area contributed by atoms with E-state index in [9.17, 15) is 19.7 Å². The quantitative estimate of drug-likeness (QED) is 0.498. The van der Waals surface area contributed by atoms with Crippen molar-refractivity contribution in [3.8, 4) is 0 Å². The van der Waals surface area contributed by atoms with Gasteiger partial charge in [0.15, 0.2) is 0 Å². The highest BCUT2D eigenvalue weighted by atomic mass is 16.6. The fourth-order valence-electron chi connectivity index (χ4n) is 1.29. The van der Waals surface area contributed by atoms with Crippen LogP contribution in [0.1, 0.15) is 41.0 Å². The molecule has 0 radical (unpaired) electrons. The number of carboxylic acids is 1. The minimum atomic E-state index is -1.35. The second-order valence-electron chi connectivity index (χ2n) is 3.95. The molecule has 0 fully saturated rings. The number of carboxylic acid groups (broad SMARTS) is 1. The number of non-ortho nitro benzene ring substituents is 1. The molecule has 0 bridgehead atoms. The molecule has 7 nitrogen and oxygen atoms in total. The Hall–Kier alpha value is -2.44. The molecule has 0 aliphatic heterocycles. The van der Waals surface area contributed by atoms with Crippen LogP contribution in [0.4, 0.5) is 5.69 Å². The smallest absolute Gasteiger partial charge is 0.338 e. The van der Waals surface area contributed by atoms with Gasteiger partial charge in [-0.2, -0.15) is 0 Å². The molecule has 1 unspecified atom stereocenters. The molecule has 19 heavy (non-hydrogen) atoms. The van der Waals surface area contributed by atoms with Crippen molar-refractivity contribution in [1.29, 1.82) is 0 Å². The Bertz CT molecular complexity index is 493. The summed E-state index contributed by atoms with van der Waals surface area (Å²) in [5, 5.41) is 19.5. The van der Waals surface area contributed by atoms with E-state index in [-0.39, 0.29) is 17.2 Å². The van der Waals surface area contributed by atoms with E-state index in [4.69, 9.17) is 9.84 Å². The van der Waals surface area contributed by atoms with Crippen molar-refractivity contribution in [1.82, 2.24) is 0 Å². The van der Waals surface area contributed by atoms with Gasteiger partial charge in [0, 0.05) is 12.1 Å². The number of benzene rings is 1. The molecule has 0 heterocycles. The summed E-state index contributed by atoms with van der Waals surface area (Å²) in [7, 11) is 0. The number of hydrogen-bond donors (Lipinski definition) is 1. The number of nitro groups is 1. The van der Waals surface area contributed by atoms with E-state index < -0.39 is 22.5 Å². The normalized spacial score (nSPS) is 11.7. The molecule has 0 saturated heterocycles. The van der Waals surface area contributed by atoms with Crippen LogP contribution >= 0.6 is 0 Å². The molecule has 1 aromatic carbocycles. The number of carbonyl (C=O) groups is 2. The number of rotatable bonds is 5. The van der Waals surface area contributed by atoms with E-state index in [1.807, 2.05) is 6.92 Å². The van der Waals surface area contributed by atoms with Gasteiger partial charge in [0.1, 0.15) is 0 Å².